The Hall–Kier alpha value is -3.47. The maximum atomic E-state index is 12.1. The van der Waals surface area contributed by atoms with Crippen molar-refractivity contribution in [2.45, 2.75) is 40.3 Å². The van der Waals surface area contributed by atoms with Crippen LogP contribution in [0.5, 0.6) is 11.5 Å². The molecule has 0 atom stereocenters. The van der Waals surface area contributed by atoms with E-state index < -0.39 is 0 Å². The molecule has 0 heterocycles. The number of hydrogen-bond acceptors (Lipinski definition) is 4. The first-order valence-corrected chi connectivity index (χ1v) is 10.9. The van der Waals surface area contributed by atoms with Crippen LogP contribution in [0.25, 0.3) is 0 Å². The van der Waals surface area contributed by atoms with Crippen LogP contribution >= 0.6 is 0 Å². The third-order valence-corrected chi connectivity index (χ3v) is 5.14. The van der Waals surface area contributed by atoms with Crippen LogP contribution in [0.15, 0.2) is 66.7 Å². The number of anilines is 2. The van der Waals surface area contributed by atoms with E-state index in [4.69, 9.17) is 9.47 Å². The Morgan fingerprint density at radius 2 is 1.66 bits per heavy atom. The Balaban J connectivity index is 1.70. The predicted octanol–water partition coefficient (Wildman–Crippen LogP) is 6.18. The summed E-state index contributed by atoms with van der Waals surface area (Å²) in [6.45, 7) is 7.17. The second-order valence-electron chi connectivity index (χ2n) is 8.24. The van der Waals surface area contributed by atoms with E-state index in [1.807, 2.05) is 68.4 Å². The number of carbonyl (C=O) groups is 1. The summed E-state index contributed by atoms with van der Waals surface area (Å²) in [4.78, 5) is 12.1. The minimum Gasteiger partial charge on any atom is -0.493 e. The summed E-state index contributed by atoms with van der Waals surface area (Å²) in [5.74, 6) is 1.78. The van der Waals surface area contributed by atoms with Crippen LogP contribution in [0.4, 0.5) is 11.4 Å². The molecule has 0 aromatic heterocycles. The number of para-hydroxylation sites is 1. The van der Waals surface area contributed by atoms with E-state index in [-0.39, 0.29) is 5.91 Å². The lowest BCUT2D eigenvalue weighted by Gasteiger charge is -2.17. The Morgan fingerprint density at radius 3 is 2.41 bits per heavy atom. The van der Waals surface area contributed by atoms with Gasteiger partial charge in [-0.3, -0.25) is 4.79 Å². The largest absolute Gasteiger partial charge is 0.493 e. The lowest BCUT2D eigenvalue weighted by Crippen LogP contribution is -2.14. The molecule has 0 aliphatic heterocycles. The molecule has 5 nitrogen and oxygen atoms in total. The van der Waals surface area contributed by atoms with Gasteiger partial charge in [0.05, 0.1) is 7.11 Å². The van der Waals surface area contributed by atoms with Crippen LogP contribution in [0.2, 0.25) is 0 Å². The number of ether oxygens (including phenoxy) is 2. The Morgan fingerprint density at radius 1 is 0.938 bits per heavy atom. The van der Waals surface area contributed by atoms with Gasteiger partial charge < -0.3 is 20.1 Å². The van der Waals surface area contributed by atoms with Crippen molar-refractivity contribution in [2.24, 2.45) is 5.92 Å². The van der Waals surface area contributed by atoms with E-state index in [1.165, 1.54) is 5.56 Å². The lowest BCUT2D eigenvalue weighted by atomic mass is 10.1. The minimum absolute atomic E-state index is 0.0248. The molecule has 0 saturated carbocycles. The van der Waals surface area contributed by atoms with Gasteiger partial charge in [-0.05, 0) is 48.2 Å². The molecule has 0 bridgehead atoms. The zero-order chi connectivity index (χ0) is 22.9. The maximum absolute atomic E-state index is 12.1. The molecule has 32 heavy (non-hydrogen) atoms. The number of benzene rings is 3. The highest BCUT2D eigenvalue weighted by Gasteiger charge is 2.12. The Kier molecular flexibility index (Phi) is 8.14. The van der Waals surface area contributed by atoms with E-state index >= 15 is 0 Å². The Bertz CT molecular complexity index is 1050. The first kappa shape index (κ1) is 23.2. The first-order valence-electron chi connectivity index (χ1n) is 10.9. The molecule has 0 fully saturated rings. The fraction of sp³-hybridized carbons (Fsp3) is 0.296. The smallest absolute Gasteiger partial charge is 0.224 e. The second kappa shape index (κ2) is 11.2. The van der Waals surface area contributed by atoms with Gasteiger partial charge in [0.15, 0.2) is 11.5 Å². The third-order valence-electron chi connectivity index (χ3n) is 5.14. The van der Waals surface area contributed by atoms with Gasteiger partial charge >= 0.3 is 0 Å². The molecular weight excluding hydrogens is 400 g/mol. The van der Waals surface area contributed by atoms with Gasteiger partial charge in [0.25, 0.3) is 0 Å². The van der Waals surface area contributed by atoms with E-state index in [0.717, 1.165) is 28.3 Å². The molecule has 3 rings (SSSR count). The van der Waals surface area contributed by atoms with E-state index in [9.17, 15) is 4.79 Å². The molecule has 0 unspecified atom stereocenters. The van der Waals surface area contributed by atoms with E-state index in [1.54, 1.807) is 7.11 Å². The maximum Gasteiger partial charge on any atom is 0.224 e. The number of carbonyl (C=O) groups excluding carboxylic acids is 1. The Labute approximate surface area is 190 Å². The number of rotatable bonds is 10. The molecule has 2 N–H and O–H groups in total. The number of amides is 1. The van der Waals surface area contributed by atoms with Crippen LogP contribution in [0, 0.1) is 12.8 Å². The molecule has 0 spiro atoms. The van der Waals surface area contributed by atoms with Gasteiger partial charge in [0.2, 0.25) is 5.91 Å². The normalized spacial score (nSPS) is 10.7. The predicted molar refractivity (Wildman–Crippen MR) is 130 cm³/mol. The highest BCUT2D eigenvalue weighted by atomic mass is 16.5. The van der Waals surface area contributed by atoms with Crippen LogP contribution in [0.1, 0.15) is 37.0 Å². The van der Waals surface area contributed by atoms with Gasteiger partial charge in [0, 0.05) is 29.9 Å². The van der Waals surface area contributed by atoms with Crippen LogP contribution in [0.3, 0.4) is 0 Å². The van der Waals surface area contributed by atoms with Gasteiger partial charge in [0.1, 0.15) is 6.61 Å². The average Bonchev–Trinajstić information content (AvgIpc) is 2.77. The van der Waals surface area contributed by atoms with E-state index in [2.05, 4.69) is 29.7 Å². The molecule has 0 aliphatic carbocycles. The summed E-state index contributed by atoms with van der Waals surface area (Å²) in [7, 11) is 1.65. The molecule has 168 valence electrons. The average molecular weight is 433 g/mol. The zero-order valence-electron chi connectivity index (χ0n) is 19.3. The highest BCUT2D eigenvalue weighted by molar-refractivity contribution is 5.91. The van der Waals surface area contributed by atoms with Gasteiger partial charge in [-0.1, -0.05) is 56.3 Å². The molecule has 0 aliphatic rings. The number of aryl methyl sites for hydroxylation is 1. The van der Waals surface area contributed by atoms with Crippen molar-refractivity contribution in [2.75, 3.05) is 17.7 Å². The van der Waals surface area contributed by atoms with Crippen molar-refractivity contribution in [1.29, 1.82) is 0 Å². The number of nitrogens with one attached hydrogen (secondary N) is 2. The quantitative estimate of drug-likeness (QED) is 0.402. The molecule has 0 radical (unpaired) electrons. The fourth-order valence-electron chi connectivity index (χ4n) is 3.43. The van der Waals surface area contributed by atoms with Crippen molar-refractivity contribution < 1.29 is 14.3 Å². The second-order valence-corrected chi connectivity index (χ2v) is 8.24. The lowest BCUT2D eigenvalue weighted by molar-refractivity contribution is -0.116. The van der Waals surface area contributed by atoms with Crippen molar-refractivity contribution >= 4 is 17.3 Å². The summed E-state index contributed by atoms with van der Waals surface area (Å²) in [6.07, 6.45) is 0.503. The summed E-state index contributed by atoms with van der Waals surface area (Å²) in [5.41, 5.74) is 5.02. The van der Waals surface area contributed by atoms with Gasteiger partial charge in [-0.15, -0.1) is 0 Å². The summed E-state index contributed by atoms with van der Waals surface area (Å²) >= 11 is 0. The summed E-state index contributed by atoms with van der Waals surface area (Å²) < 4.78 is 11.8. The van der Waals surface area contributed by atoms with Crippen LogP contribution in [-0.2, 0) is 17.9 Å². The summed E-state index contributed by atoms with van der Waals surface area (Å²) in [5, 5.41) is 6.39. The fourth-order valence-corrected chi connectivity index (χ4v) is 3.43. The number of methoxy groups -OCH3 is 1. The molecule has 3 aromatic carbocycles. The topological polar surface area (TPSA) is 59.6 Å². The SMILES string of the molecule is COc1cccc(CNc2cccc(NC(=O)CC(C)C)c2)c1OCc1ccccc1C. The minimum atomic E-state index is 0.0248. The van der Waals surface area contributed by atoms with Gasteiger partial charge in [-0.25, -0.2) is 0 Å². The van der Waals surface area contributed by atoms with E-state index in [0.29, 0.717) is 31.2 Å². The zero-order valence-corrected chi connectivity index (χ0v) is 19.3. The molecular formula is C27H32N2O3. The van der Waals surface area contributed by atoms with Crippen LogP contribution in [-0.4, -0.2) is 13.0 Å². The first-order chi connectivity index (χ1) is 15.5. The monoisotopic (exact) mass is 432 g/mol. The van der Waals surface area contributed by atoms with Gasteiger partial charge in [-0.2, -0.15) is 0 Å². The molecule has 1 amide bonds. The summed E-state index contributed by atoms with van der Waals surface area (Å²) in [6, 6.07) is 21.8. The third kappa shape index (κ3) is 6.51. The molecule has 5 heteroatoms. The standard InChI is InChI=1S/C27H32N2O3/c1-19(2)15-26(30)29-24-13-8-12-23(16-24)28-17-21-11-7-14-25(31-4)27(21)32-18-22-10-6-5-9-20(22)3/h5-14,16,19,28H,15,17-18H2,1-4H3,(H,29,30). The molecule has 3 aromatic rings. The number of hydrogen-bond donors (Lipinski definition) is 2. The van der Waals surface area contributed by atoms with Crippen molar-refractivity contribution in [3.63, 3.8) is 0 Å². The van der Waals surface area contributed by atoms with Crippen LogP contribution < -0.4 is 20.1 Å². The van der Waals surface area contributed by atoms with Crippen molar-refractivity contribution in [1.82, 2.24) is 0 Å². The van der Waals surface area contributed by atoms with Crippen molar-refractivity contribution in [3.8, 4) is 11.5 Å². The van der Waals surface area contributed by atoms with Crippen molar-refractivity contribution in [3.05, 3.63) is 83.4 Å². The highest BCUT2D eigenvalue weighted by Crippen LogP contribution is 2.32. The molecule has 0 saturated heterocycles.